The molecule has 0 saturated carbocycles. The number of aromatic nitrogens is 1. The molecule has 0 bridgehead atoms. The summed E-state index contributed by atoms with van der Waals surface area (Å²) in [5, 5.41) is 1.89. The van der Waals surface area contributed by atoms with Crippen LogP contribution in [0.3, 0.4) is 0 Å². The van der Waals surface area contributed by atoms with Crippen molar-refractivity contribution in [2.45, 2.75) is 26.8 Å². The summed E-state index contributed by atoms with van der Waals surface area (Å²) in [5.74, 6) is 1.57. The maximum Gasteiger partial charge on any atom is 0.271 e. The molecule has 1 amide bonds. The van der Waals surface area contributed by atoms with Gasteiger partial charge in [0.1, 0.15) is 18.4 Å². The van der Waals surface area contributed by atoms with Crippen LogP contribution in [0.15, 0.2) is 88.3 Å². The standard InChI is InChI=1S/C34H35N3O5S/c1-7-18-42-25-16-14-22(19-27(25)41-6)20-28-32(38)37-31(30-24-13-11-10-12-23(24)15-17-26(30)40-5)29(21(4)35-34(37)43-28)33(39)36(8-2)9-3/h7,10-17,19-20,31H,1,8-9,18H2,2-6H3/b28-20+/t31-/m0/s1. The van der Waals surface area contributed by atoms with E-state index in [1.165, 1.54) is 11.3 Å². The molecule has 4 aromatic rings. The monoisotopic (exact) mass is 597 g/mol. The Morgan fingerprint density at radius 1 is 1.05 bits per heavy atom. The molecule has 43 heavy (non-hydrogen) atoms. The van der Waals surface area contributed by atoms with E-state index in [-0.39, 0.29) is 11.5 Å². The average Bonchev–Trinajstić information content (AvgIpc) is 3.33. The van der Waals surface area contributed by atoms with Crippen molar-refractivity contribution in [2.24, 2.45) is 4.99 Å². The van der Waals surface area contributed by atoms with Crippen LogP contribution in [0.4, 0.5) is 0 Å². The van der Waals surface area contributed by atoms with Crippen molar-refractivity contribution in [3.8, 4) is 17.2 Å². The van der Waals surface area contributed by atoms with E-state index in [1.54, 1.807) is 35.8 Å². The van der Waals surface area contributed by atoms with Crippen LogP contribution in [-0.2, 0) is 4.79 Å². The van der Waals surface area contributed by atoms with Crippen LogP contribution in [0, 0.1) is 0 Å². The van der Waals surface area contributed by atoms with Gasteiger partial charge in [-0.2, -0.15) is 0 Å². The summed E-state index contributed by atoms with van der Waals surface area (Å²) < 4.78 is 19.2. The summed E-state index contributed by atoms with van der Waals surface area (Å²) >= 11 is 1.29. The highest BCUT2D eigenvalue weighted by Crippen LogP contribution is 2.40. The molecule has 0 fully saturated rings. The number of amides is 1. The van der Waals surface area contributed by atoms with Crippen molar-refractivity contribution in [1.82, 2.24) is 9.47 Å². The average molecular weight is 598 g/mol. The SMILES string of the molecule is C=CCOc1ccc(/C=c2/sc3n(c2=O)[C@H](c2c(OC)ccc4ccccc24)C(C(=O)N(CC)CC)=C(C)N=3)cc1OC. The molecule has 0 radical (unpaired) electrons. The largest absolute Gasteiger partial charge is 0.496 e. The number of fused-ring (bicyclic) bond motifs is 2. The number of allylic oxidation sites excluding steroid dienone is 1. The molecule has 2 heterocycles. The first-order valence-electron chi connectivity index (χ1n) is 14.2. The summed E-state index contributed by atoms with van der Waals surface area (Å²) in [6.45, 7) is 10.8. The maximum atomic E-state index is 14.3. The first kappa shape index (κ1) is 29.8. The molecule has 0 saturated heterocycles. The second-order valence-corrected chi connectivity index (χ2v) is 11.0. The van der Waals surface area contributed by atoms with Gasteiger partial charge in [0.15, 0.2) is 16.3 Å². The molecule has 0 unspecified atom stereocenters. The first-order chi connectivity index (χ1) is 20.9. The molecule has 222 valence electrons. The van der Waals surface area contributed by atoms with Crippen LogP contribution in [-0.4, -0.2) is 49.3 Å². The fourth-order valence-electron chi connectivity index (χ4n) is 5.48. The highest BCUT2D eigenvalue weighted by atomic mass is 32.1. The van der Waals surface area contributed by atoms with Gasteiger partial charge in [-0.3, -0.25) is 14.2 Å². The van der Waals surface area contributed by atoms with Crippen LogP contribution in [0.25, 0.3) is 16.8 Å². The summed E-state index contributed by atoms with van der Waals surface area (Å²) in [6, 6.07) is 16.6. The lowest BCUT2D eigenvalue weighted by molar-refractivity contribution is -0.127. The predicted octanol–water partition coefficient (Wildman–Crippen LogP) is 4.84. The van der Waals surface area contributed by atoms with Gasteiger partial charge in [-0.05, 0) is 61.4 Å². The van der Waals surface area contributed by atoms with E-state index in [0.29, 0.717) is 57.5 Å². The zero-order valence-electron chi connectivity index (χ0n) is 25.0. The predicted molar refractivity (Wildman–Crippen MR) is 171 cm³/mol. The summed E-state index contributed by atoms with van der Waals surface area (Å²) in [6.07, 6.45) is 3.48. The Morgan fingerprint density at radius 3 is 2.47 bits per heavy atom. The van der Waals surface area contributed by atoms with E-state index in [9.17, 15) is 9.59 Å². The van der Waals surface area contributed by atoms with Crippen LogP contribution in [0.2, 0.25) is 0 Å². The Kier molecular flexibility index (Phi) is 8.82. The van der Waals surface area contributed by atoms with Gasteiger partial charge in [-0.25, -0.2) is 4.99 Å². The maximum absolute atomic E-state index is 14.3. The minimum Gasteiger partial charge on any atom is -0.496 e. The Bertz CT molecular complexity index is 1920. The quantitative estimate of drug-likeness (QED) is 0.245. The summed E-state index contributed by atoms with van der Waals surface area (Å²) in [5.41, 5.74) is 2.32. The van der Waals surface area contributed by atoms with E-state index in [2.05, 4.69) is 6.58 Å². The van der Waals surface area contributed by atoms with Gasteiger partial charge in [0.05, 0.1) is 30.0 Å². The molecule has 1 aromatic heterocycles. The van der Waals surface area contributed by atoms with Crippen molar-refractivity contribution >= 4 is 34.1 Å². The van der Waals surface area contributed by atoms with E-state index in [1.807, 2.05) is 75.4 Å². The van der Waals surface area contributed by atoms with E-state index in [0.717, 1.165) is 21.9 Å². The van der Waals surface area contributed by atoms with Crippen LogP contribution in [0.5, 0.6) is 17.2 Å². The van der Waals surface area contributed by atoms with Crippen molar-refractivity contribution < 1.29 is 19.0 Å². The fourth-order valence-corrected chi connectivity index (χ4v) is 6.52. The second kappa shape index (κ2) is 12.7. The number of hydrogen-bond acceptors (Lipinski definition) is 7. The number of methoxy groups -OCH3 is 2. The molecule has 0 spiro atoms. The lowest BCUT2D eigenvalue weighted by atomic mass is 9.90. The number of benzene rings is 3. The molecule has 3 aromatic carbocycles. The zero-order chi connectivity index (χ0) is 30.7. The highest BCUT2D eigenvalue weighted by molar-refractivity contribution is 7.07. The van der Waals surface area contributed by atoms with Crippen LogP contribution >= 0.6 is 11.3 Å². The Hall–Kier alpha value is -4.63. The molecule has 1 aliphatic heterocycles. The van der Waals surface area contributed by atoms with Gasteiger partial charge in [0.2, 0.25) is 0 Å². The van der Waals surface area contributed by atoms with Crippen molar-refractivity contribution in [3.05, 3.63) is 109 Å². The third-order valence-corrected chi connectivity index (χ3v) is 8.55. The second-order valence-electron chi connectivity index (χ2n) is 9.97. The molecular formula is C34H35N3O5S. The first-order valence-corrected chi connectivity index (χ1v) is 15.0. The number of hydrogen-bond donors (Lipinski definition) is 0. The number of carbonyl (C=O) groups is 1. The minimum atomic E-state index is -0.739. The van der Waals surface area contributed by atoms with Gasteiger partial charge < -0.3 is 19.1 Å². The number of rotatable bonds is 10. The lowest BCUT2D eigenvalue weighted by Crippen LogP contribution is -2.43. The number of nitrogens with zero attached hydrogens (tertiary/aromatic N) is 3. The van der Waals surface area contributed by atoms with E-state index < -0.39 is 6.04 Å². The van der Waals surface area contributed by atoms with E-state index in [4.69, 9.17) is 19.2 Å². The van der Waals surface area contributed by atoms with Crippen molar-refractivity contribution in [2.75, 3.05) is 33.9 Å². The van der Waals surface area contributed by atoms with Gasteiger partial charge in [0, 0.05) is 18.7 Å². The Balaban J connectivity index is 1.78. The number of ether oxygens (including phenoxy) is 3. The topological polar surface area (TPSA) is 82.4 Å². The van der Waals surface area contributed by atoms with Crippen LogP contribution < -0.4 is 29.1 Å². The number of carbonyl (C=O) groups excluding carboxylic acids is 1. The molecule has 9 heteroatoms. The molecule has 0 N–H and O–H groups in total. The molecular weight excluding hydrogens is 562 g/mol. The third-order valence-electron chi connectivity index (χ3n) is 7.57. The van der Waals surface area contributed by atoms with Crippen LogP contribution in [0.1, 0.15) is 37.9 Å². The molecule has 1 aliphatic rings. The van der Waals surface area contributed by atoms with Gasteiger partial charge in [0.25, 0.3) is 11.5 Å². The zero-order valence-corrected chi connectivity index (χ0v) is 25.9. The summed E-state index contributed by atoms with van der Waals surface area (Å²) in [7, 11) is 3.18. The minimum absolute atomic E-state index is 0.152. The van der Waals surface area contributed by atoms with E-state index >= 15 is 0 Å². The smallest absolute Gasteiger partial charge is 0.271 e. The molecule has 0 aliphatic carbocycles. The fraction of sp³-hybridized carbons (Fsp3) is 0.265. The Morgan fingerprint density at radius 2 is 1.77 bits per heavy atom. The Labute approximate surface area is 254 Å². The highest BCUT2D eigenvalue weighted by Gasteiger charge is 2.36. The van der Waals surface area contributed by atoms with Gasteiger partial charge in [-0.1, -0.05) is 60.4 Å². The lowest BCUT2D eigenvalue weighted by Gasteiger charge is -2.30. The number of likely N-dealkylation sites (N-methyl/N-ethyl adjacent to an activating group) is 1. The van der Waals surface area contributed by atoms with Crippen molar-refractivity contribution in [3.63, 3.8) is 0 Å². The normalized spacial score (nSPS) is 14.7. The number of thiazole rings is 1. The van der Waals surface area contributed by atoms with Crippen molar-refractivity contribution in [1.29, 1.82) is 0 Å². The van der Waals surface area contributed by atoms with Gasteiger partial charge in [-0.15, -0.1) is 0 Å². The molecule has 8 nitrogen and oxygen atoms in total. The third kappa shape index (κ3) is 5.48. The summed E-state index contributed by atoms with van der Waals surface area (Å²) in [4.78, 5) is 35.5. The molecule has 1 atom stereocenters. The molecule has 5 rings (SSSR count). The van der Waals surface area contributed by atoms with Gasteiger partial charge >= 0.3 is 0 Å².